The predicted molar refractivity (Wildman–Crippen MR) is 104 cm³/mol. The van der Waals surface area contributed by atoms with E-state index in [9.17, 15) is 4.79 Å². The lowest BCUT2D eigenvalue weighted by molar-refractivity contribution is -0.119. The summed E-state index contributed by atoms with van der Waals surface area (Å²) in [5.41, 5.74) is 3.17. The molecule has 140 valence electrons. The molecule has 1 spiro atoms. The van der Waals surface area contributed by atoms with Gasteiger partial charge in [-0.1, -0.05) is 37.1 Å². The Hall–Kier alpha value is -1.35. The summed E-state index contributed by atoms with van der Waals surface area (Å²) >= 11 is 0. The van der Waals surface area contributed by atoms with Gasteiger partial charge in [0.2, 0.25) is 5.91 Å². The van der Waals surface area contributed by atoms with Gasteiger partial charge < -0.3 is 10.2 Å². The number of carbonyl (C=O) groups is 1. The van der Waals surface area contributed by atoms with Crippen molar-refractivity contribution in [3.8, 4) is 0 Å². The summed E-state index contributed by atoms with van der Waals surface area (Å²) in [6, 6.07) is 9.94. The molecule has 2 bridgehead atoms. The number of nitrogens with zero attached hydrogens (tertiary/aromatic N) is 1. The second-order valence-electron chi connectivity index (χ2n) is 9.44. The highest BCUT2D eigenvalue weighted by Crippen LogP contribution is 2.52. The number of rotatable bonds is 2. The van der Waals surface area contributed by atoms with Crippen LogP contribution in [0.25, 0.3) is 0 Å². The molecule has 4 fully saturated rings. The summed E-state index contributed by atoms with van der Waals surface area (Å²) in [7, 11) is 0. The maximum absolute atomic E-state index is 11.7. The number of amides is 1. The lowest BCUT2D eigenvalue weighted by Gasteiger charge is -2.51. The Bertz CT molecular complexity index is 683. The molecule has 3 nitrogen and oxygen atoms in total. The highest BCUT2D eigenvalue weighted by molar-refractivity contribution is 5.73. The Morgan fingerprint density at radius 3 is 2.50 bits per heavy atom. The van der Waals surface area contributed by atoms with Gasteiger partial charge in [-0.15, -0.1) is 0 Å². The lowest BCUT2D eigenvalue weighted by atomic mass is 9.66. The third-order valence-electron chi connectivity index (χ3n) is 8.11. The zero-order valence-corrected chi connectivity index (χ0v) is 16.0. The molecule has 6 rings (SSSR count). The normalized spacial score (nSPS) is 35.4. The quantitative estimate of drug-likeness (QED) is 0.866. The molecular formula is C23H32N2O. The van der Waals surface area contributed by atoms with Crippen molar-refractivity contribution >= 4 is 5.91 Å². The number of piperidine rings is 1. The van der Waals surface area contributed by atoms with Crippen LogP contribution in [0, 0.1) is 11.8 Å². The minimum atomic E-state index is 0.0949. The second kappa shape index (κ2) is 6.37. The molecule has 26 heavy (non-hydrogen) atoms. The first kappa shape index (κ1) is 16.8. The molecule has 1 amide bonds. The van der Waals surface area contributed by atoms with Crippen LogP contribution in [-0.4, -0.2) is 29.9 Å². The first-order chi connectivity index (χ1) is 12.6. The number of benzene rings is 1. The van der Waals surface area contributed by atoms with Gasteiger partial charge in [0.1, 0.15) is 0 Å². The van der Waals surface area contributed by atoms with Crippen LogP contribution in [0.5, 0.6) is 0 Å². The van der Waals surface area contributed by atoms with E-state index in [0.29, 0.717) is 0 Å². The molecule has 4 aliphatic carbocycles. The van der Waals surface area contributed by atoms with Crippen LogP contribution in [0.1, 0.15) is 75.5 Å². The van der Waals surface area contributed by atoms with Gasteiger partial charge in [0.25, 0.3) is 0 Å². The number of carbonyl (C=O) groups excluding carboxylic acids is 1. The molecule has 1 aromatic carbocycles. The van der Waals surface area contributed by atoms with Gasteiger partial charge in [-0.05, 0) is 74.6 Å². The highest BCUT2D eigenvalue weighted by atomic mass is 16.1. The van der Waals surface area contributed by atoms with E-state index in [4.69, 9.17) is 0 Å². The Labute approximate surface area is 157 Å². The Kier molecular flexibility index (Phi) is 4.11. The van der Waals surface area contributed by atoms with Crippen molar-refractivity contribution in [3.05, 3.63) is 35.4 Å². The van der Waals surface area contributed by atoms with Crippen molar-refractivity contribution in [3.63, 3.8) is 0 Å². The smallest absolute Gasteiger partial charge is 0.217 e. The Morgan fingerprint density at radius 1 is 1.12 bits per heavy atom. The minimum Gasteiger partial charge on any atom is -0.349 e. The summed E-state index contributed by atoms with van der Waals surface area (Å²) in [5, 5.41) is 3.21. The standard InChI is InChI=1S/C23H32N2O/c1-16(26)24-21-15-23(20-5-3-2-4-19(20)21)10-12-25(13-11-23)22-14-17-6-8-18(22)9-7-17/h2-5,17-18,21-22H,6-15H2,1H3,(H,24,26)/t17-,18+,21-,22-/m0/s1. The maximum atomic E-state index is 11.7. The highest BCUT2D eigenvalue weighted by Gasteiger charge is 2.47. The second-order valence-corrected chi connectivity index (χ2v) is 9.44. The van der Waals surface area contributed by atoms with Crippen molar-refractivity contribution in [1.29, 1.82) is 0 Å². The summed E-state index contributed by atoms with van der Waals surface area (Å²) in [5.74, 6) is 2.08. The zero-order chi connectivity index (χ0) is 17.7. The monoisotopic (exact) mass is 352 g/mol. The van der Waals surface area contributed by atoms with Crippen molar-refractivity contribution in [2.75, 3.05) is 13.1 Å². The number of fused-ring (bicyclic) bond motifs is 5. The summed E-state index contributed by atoms with van der Waals surface area (Å²) in [6.07, 6.45) is 11.0. The Morgan fingerprint density at radius 2 is 1.85 bits per heavy atom. The molecule has 5 aliphatic rings. The van der Waals surface area contributed by atoms with E-state index in [1.54, 1.807) is 6.92 Å². The van der Waals surface area contributed by atoms with Crippen molar-refractivity contribution in [2.45, 2.75) is 75.8 Å². The van der Waals surface area contributed by atoms with E-state index < -0.39 is 0 Å². The lowest BCUT2D eigenvalue weighted by Crippen LogP contribution is -2.52. The van der Waals surface area contributed by atoms with Gasteiger partial charge in [0.15, 0.2) is 0 Å². The minimum absolute atomic E-state index is 0.0949. The largest absolute Gasteiger partial charge is 0.349 e. The van der Waals surface area contributed by atoms with Crippen molar-refractivity contribution in [2.24, 2.45) is 11.8 Å². The summed E-state index contributed by atoms with van der Waals surface area (Å²) in [6.45, 7) is 4.14. The average Bonchev–Trinajstić information content (AvgIpc) is 2.96. The van der Waals surface area contributed by atoms with Crippen LogP contribution in [0.2, 0.25) is 0 Å². The van der Waals surface area contributed by atoms with Crippen LogP contribution < -0.4 is 5.32 Å². The van der Waals surface area contributed by atoms with Gasteiger partial charge >= 0.3 is 0 Å². The van der Waals surface area contributed by atoms with Gasteiger partial charge in [-0.25, -0.2) is 0 Å². The van der Waals surface area contributed by atoms with E-state index >= 15 is 0 Å². The molecule has 1 heterocycles. The molecule has 2 atom stereocenters. The molecular weight excluding hydrogens is 320 g/mol. The fourth-order valence-corrected chi connectivity index (χ4v) is 6.82. The van der Waals surface area contributed by atoms with Crippen molar-refractivity contribution < 1.29 is 4.79 Å². The van der Waals surface area contributed by atoms with Gasteiger partial charge in [-0.3, -0.25) is 4.79 Å². The molecule has 0 unspecified atom stereocenters. The van der Waals surface area contributed by atoms with E-state index in [-0.39, 0.29) is 17.4 Å². The van der Waals surface area contributed by atoms with Gasteiger partial charge in [0.05, 0.1) is 6.04 Å². The van der Waals surface area contributed by atoms with Crippen molar-refractivity contribution in [1.82, 2.24) is 10.2 Å². The molecule has 1 N–H and O–H groups in total. The third kappa shape index (κ3) is 2.70. The molecule has 3 saturated carbocycles. The number of nitrogens with one attached hydrogen (secondary N) is 1. The van der Waals surface area contributed by atoms with Crippen LogP contribution in [0.3, 0.4) is 0 Å². The number of hydrogen-bond donors (Lipinski definition) is 1. The zero-order valence-electron chi connectivity index (χ0n) is 16.0. The maximum Gasteiger partial charge on any atom is 0.217 e. The SMILES string of the molecule is CC(=O)N[C@H]1CC2(CCN([C@H]3C[C@H]4CC[C@@H]3CC4)CC2)c2ccccc21. The van der Waals surface area contributed by atoms with E-state index in [1.165, 1.54) is 69.2 Å². The van der Waals surface area contributed by atoms with E-state index in [1.807, 2.05) is 0 Å². The first-order valence-corrected chi connectivity index (χ1v) is 10.8. The fraction of sp³-hybridized carbons (Fsp3) is 0.696. The molecule has 1 saturated heterocycles. The van der Waals surface area contributed by atoms with E-state index in [2.05, 4.69) is 34.5 Å². The van der Waals surface area contributed by atoms with Gasteiger partial charge in [0, 0.05) is 18.4 Å². The van der Waals surface area contributed by atoms with Crippen LogP contribution in [-0.2, 0) is 10.2 Å². The van der Waals surface area contributed by atoms with Crippen LogP contribution in [0.15, 0.2) is 24.3 Å². The fourth-order valence-electron chi connectivity index (χ4n) is 6.82. The molecule has 0 radical (unpaired) electrons. The topological polar surface area (TPSA) is 32.3 Å². The van der Waals surface area contributed by atoms with E-state index in [0.717, 1.165) is 24.3 Å². The molecule has 0 aromatic heterocycles. The first-order valence-electron chi connectivity index (χ1n) is 10.8. The molecule has 1 aromatic rings. The van der Waals surface area contributed by atoms with Gasteiger partial charge in [-0.2, -0.15) is 0 Å². The predicted octanol–water partition coefficient (Wildman–Crippen LogP) is 4.18. The number of likely N-dealkylation sites (tertiary alicyclic amines) is 1. The molecule has 1 aliphatic heterocycles. The third-order valence-corrected chi connectivity index (χ3v) is 8.11. The average molecular weight is 353 g/mol. The molecule has 3 heteroatoms. The summed E-state index contributed by atoms with van der Waals surface area (Å²) < 4.78 is 0. The van der Waals surface area contributed by atoms with Crippen LogP contribution >= 0.6 is 0 Å². The summed E-state index contributed by atoms with van der Waals surface area (Å²) in [4.78, 5) is 14.5. The number of hydrogen-bond acceptors (Lipinski definition) is 2. The van der Waals surface area contributed by atoms with Crippen LogP contribution in [0.4, 0.5) is 0 Å². The Balaban J connectivity index is 1.33.